The third kappa shape index (κ3) is 4.20. The maximum atomic E-state index is 11.1. The van der Waals surface area contributed by atoms with Gasteiger partial charge in [-0.3, -0.25) is 4.79 Å². The van der Waals surface area contributed by atoms with E-state index < -0.39 is 0 Å². The third-order valence-electron chi connectivity index (χ3n) is 3.15. The summed E-state index contributed by atoms with van der Waals surface area (Å²) in [6.07, 6.45) is 5.12. The molecule has 0 aromatic carbocycles. The van der Waals surface area contributed by atoms with Crippen molar-refractivity contribution >= 4 is 5.97 Å². The quantitative estimate of drug-likeness (QED) is 0.674. The van der Waals surface area contributed by atoms with E-state index in [1.165, 1.54) is 20.0 Å². The number of rotatable bonds is 4. The van der Waals surface area contributed by atoms with Crippen LogP contribution in [0.4, 0.5) is 0 Å². The van der Waals surface area contributed by atoms with Gasteiger partial charge in [-0.15, -0.1) is 0 Å². The maximum absolute atomic E-state index is 11.1. The van der Waals surface area contributed by atoms with Gasteiger partial charge in [0, 0.05) is 0 Å². The van der Waals surface area contributed by atoms with Gasteiger partial charge in [0.25, 0.3) is 0 Å². The largest absolute Gasteiger partial charge is 0.469 e. The highest BCUT2D eigenvalue weighted by Gasteiger charge is 2.21. The predicted molar refractivity (Wildman–Crippen MR) is 58.6 cm³/mol. The van der Waals surface area contributed by atoms with Gasteiger partial charge in [0.15, 0.2) is 0 Å². The molecule has 1 rings (SSSR count). The van der Waals surface area contributed by atoms with Gasteiger partial charge in [-0.25, -0.2) is 0 Å². The molecule has 1 fully saturated rings. The Morgan fingerprint density at radius 1 is 1.33 bits per heavy atom. The van der Waals surface area contributed by atoms with E-state index in [1.54, 1.807) is 0 Å². The molecule has 1 atom stereocenters. The Balaban J connectivity index is 2.17. The number of hydrogen-bond acceptors (Lipinski definition) is 3. The Labute approximate surface area is 92.1 Å². The third-order valence-corrected chi connectivity index (χ3v) is 3.15. The van der Waals surface area contributed by atoms with E-state index in [9.17, 15) is 4.79 Å². The average Bonchev–Trinajstić information content (AvgIpc) is 2.26. The van der Waals surface area contributed by atoms with Gasteiger partial charge in [-0.05, 0) is 38.5 Å². The smallest absolute Gasteiger partial charge is 0.310 e. The Kier molecular flexibility index (Phi) is 5.09. The minimum absolute atomic E-state index is 0.144. The highest BCUT2D eigenvalue weighted by molar-refractivity contribution is 5.71. The fourth-order valence-corrected chi connectivity index (χ4v) is 1.95. The zero-order valence-corrected chi connectivity index (χ0v) is 9.99. The molecule has 0 radical (unpaired) electrons. The summed E-state index contributed by atoms with van der Waals surface area (Å²) in [6, 6.07) is 0. The molecule has 0 heterocycles. The van der Waals surface area contributed by atoms with Crippen LogP contribution in [0.2, 0.25) is 0 Å². The van der Waals surface area contributed by atoms with Crippen molar-refractivity contribution in [1.82, 2.24) is 0 Å². The Morgan fingerprint density at radius 2 is 1.93 bits per heavy atom. The van der Waals surface area contributed by atoms with Crippen LogP contribution in [0.15, 0.2) is 0 Å². The Morgan fingerprint density at radius 3 is 2.47 bits per heavy atom. The first-order valence-electron chi connectivity index (χ1n) is 5.83. The summed E-state index contributed by atoms with van der Waals surface area (Å²) in [6.45, 7) is 4.62. The SMILES string of the molecule is COC(=O)C(C)COC1CCC(C)CC1. The van der Waals surface area contributed by atoms with Gasteiger partial charge in [0.1, 0.15) is 0 Å². The van der Waals surface area contributed by atoms with Gasteiger partial charge < -0.3 is 9.47 Å². The van der Waals surface area contributed by atoms with Crippen LogP contribution in [0.3, 0.4) is 0 Å². The van der Waals surface area contributed by atoms with Gasteiger partial charge in [-0.1, -0.05) is 6.92 Å². The molecule has 0 saturated heterocycles. The lowest BCUT2D eigenvalue weighted by Crippen LogP contribution is -2.25. The van der Waals surface area contributed by atoms with Crippen molar-refractivity contribution in [2.75, 3.05) is 13.7 Å². The molecule has 0 aromatic heterocycles. The van der Waals surface area contributed by atoms with Crippen molar-refractivity contribution in [2.24, 2.45) is 11.8 Å². The van der Waals surface area contributed by atoms with E-state index in [2.05, 4.69) is 11.7 Å². The molecule has 0 spiro atoms. The zero-order valence-electron chi connectivity index (χ0n) is 9.99. The molecule has 1 unspecified atom stereocenters. The lowest BCUT2D eigenvalue weighted by atomic mass is 9.89. The van der Waals surface area contributed by atoms with Crippen LogP contribution >= 0.6 is 0 Å². The van der Waals surface area contributed by atoms with Crippen molar-refractivity contribution in [1.29, 1.82) is 0 Å². The molecule has 0 bridgehead atoms. The molecule has 88 valence electrons. The minimum Gasteiger partial charge on any atom is -0.469 e. The molecule has 0 aromatic rings. The van der Waals surface area contributed by atoms with Crippen LogP contribution in [0.5, 0.6) is 0 Å². The predicted octanol–water partition coefficient (Wildman–Crippen LogP) is 2.39. The first-order chi connectivity index (χ1) is 7.13. The summed E-state index contributed by atoms with van der Waals surface area (Å²) < 4.78 is 10.4. The van der Waals surface area contributed by atoms with Crippen molar-refractivity contribution in [2.45, 2.75) is 45.6 Å². The highest BCUT2D eigenvalue weighted by atomic mass is 16.5. The van der Waals surface area contributed by atoms with Crippen molar-refractivity contribution in [3.05, 3.63) is 0 Å². The number of carbonyl (C=O) groups is 1. The van der Waals surface area contributed by atoms with Crippen LogP contribution in [-0.2, 0) is 14.3 Å². The summed E-state index contributed by atoms with van der Waals surface area (Å²) in [7, 11) is 1.42. The second kappa shape index (κ2) is 6.11. The van der Waals surface area contributed by atoms with Crippen LogP contribution in [0.1, 0.15) is 39.5 Å². The Hall–Kier alpha value is -0.570. The zero-order chi connectivity index (χ0) is 11.3. The first kappa shape index (κ1) is 12.5. The highest BCUT2D eigenvalue weighted by Crippen LogP contribution is 2.25. The van der Waals surface area contributed by atoms with Crippen LogP contribution < -0.4 is 0 Å². The van der Waals surface area contributed by atoms with E-state index in [0.717, 1.165) is 18.8 Å². The summed E-state index contributed by atoms with van der Waals surface area (Å²) in [5.41, 5.74) is 0. The van der Waals surface area contributed by atoms with Crippen molar-refractivity contribution in [3.63, 3.8) is 0 Å². The molecule has 0 amide bonds. The number of esters is 1. The van der Waals surface area contributed by atoms with Gasteiger partial charge >= 0.3 is 5.97 Å². The lowest BCUT2D eigenvalue weighted by Gasteiger charge is -2.26. The number of methoxy groups -OCH3 is 1. The molecule has 1 aliphatic rings. The molecular weight excluding hydrogens is 192 g/mol. The van der Waals surface area contributed by atoms with E-state index in [-0.39, 0.29) is 11.9 Å². The molecule has 1 aliphatic carbocycles. The standard InChI is InChI=1S/C12H22O3/c1-9-4-6-11(7-5-9)15-8-10(2)12(13)14-3/h9-11H,4-8H2,1-3H3. The lowest BCUT2D eigenvalue weighted by molar-refractivity contribution is -0.147. The van der Waals surface area contributed by atoms with Crippen LogP contribution in [0, 0.1) is 11.8 Å². The second-order valence-corrected chi connectivity index (χ2v) is 4.64. The monoisotopic (exact) mass is 214 g/mol. The van der Waals surface area contributed by atoms with Crippen LogP contribution in [0.25, 0.3) is 0 Å². The summed E-state index contributed by atoms with van der Waals surface area (Å²) >= 11 is 0. The summed E-state index contributed by atoms with van der Waals surface area (Å²) in [5.74, 6) is 0.511. The van der Waals surface area contributed by atoms with E-state index in [0.29, 0.717) is 12.7 Å². The first-order valence-corrected chi connectivity index (χ1v) is 5.83. The average molecular weight is 214 g/mol. The minimum atomic E-state index is -0.181. The van der Waals surface area contributed by atoms with Crippen LogP contribution in [-0.4, -0.2) is 25.8 Å². The molecule has 3 heteroatoms. The molecular formula is C12H22O3. The molecule has 15 heavy (non-hydrogen) atoms. The normalized spacial score (nSPS) is 28.5. The summed E-state index contributed by atoms with van der Waals surface area (Å²) in [4.78, 5) is 11.1. The van der Waals surface area contributed by atoms with E-state index >= 15 is 0 Å². The molecule has 0 N–H and O–H groups in total. The molecule has 0 aliphatic heterocycles. The maximum Gasteiger partial charge on any atom is 0.310 e. The van der Waals surface area contributed by atoms with Gasteiger partial charge in [-0.2, -0.15) is 0 Å². The topological polar surface area (TPSA) is 35.5 Å². The van der Waals surface area contributed by atoms with E-state index in [4.69, 9.17) is 4.74 Å². The number of ether oxygens (including phenoxy) is 2. The second-order valence-electron chi connectivity index (χ2n) is 4.64. The van der Waals surface area contributed by atoms with E-state index in [1.807, 2.05) is 6.92 Å². The summed E-state index contributed by atoms with van der Waals surface area (Å²) in [5, 5.41) is 0. The van der Waals surface area contributed by atoms with Crippen molar-refractivity contribution < 1.29 is 14.3 Å². The number of hydrogen-bond donors (Lipinski definition) is 0. The fourth-order valence-electron chi connectivity index (χ4n) is 1.95. The van der Waals surface area contributed by atoms with Crippen molar-refractivity contribution in [3.8, 4) is 0 Å². The number of carbonyl (C=O) groups excluding carboxylic acids is 1. The molecule has 1 saturated carbocycles. The fraction of sp³-hybridized carbons (Fsp3) is 0.917. The van der Waals surface area contributed by atoms with Gasteiger partial charge in [0.2, 0.25) is 0 Å². The molecule has 3 nitrogen and oxygen atoms in total. The van der Waals surface area contributed by atoms with Gasteiger partial charge in [0.05, 0.1) is 25.7 Å². The Bertz CT molecular complexity index is 195.